The Morgan fingerprint density at radius 1 is 1.58 bits per heavy atom. The molecule has 0 amide bonds. The highest BCUT2D eigenvalue weighted by molar-refractivity contribution is 4.95. The first-order valence-corrected chi connectivity index (χ1v) is 6.22. The average Bonchev–Trinajstić information content (AvgIpc) is 2.75. The third-order valence-electron chi connectivity index (χ3n) is 3.08. The fourth-order valence-corrected chi connectivity index (χ4v) is 2.48. The molecule has 0 bridgehead atoms. The van der Waals surface area contributed by atoms with Crippen molar-refractivity contribution < 1.29 is 18.6 Å². The summed E-state index contributed by atoms with van der Waals surface area (Å²) < 4.78 is 32.0. The van der Waals surface area contributed by atoms with E-state index in [0.717, 1.165) is 4.57 Å². The van der Waals surface area contributed by atoms with Gasteiger partial charge < -0.3 is 9.84 Å². The minimum absolute atomic E-state index is 0.0801. The van der Waals surface area contributed by atoms with Crippen LogP contribution in [0.15, 0.2) is 12.4 Å². The van der Waals surface area contributed by atoms with E-state index in [9.17, 15) is 13.9 Å². The monoisotopic (exact) mass is 275 g/mol. The van der Waals surface area contributed by atoms with Crippen LogP contribution in [0.1, 0.15) is 26.2 Å². The molecule has 1 N–H and O–H groups in total. The van der Waals surface area contributed by atoms with Crippen LogP contribution in [0.25, 0.3) is 0 Å². The van der Waals surface area contributed by atoms with Crippen LogP contribution >= 0.6 is 0 Å². The largest absolute Gasteiger partial charge is 0.394 e. The van der Waals surface area contributed by atoms with E-state index in [2.05, 4.69) is 4.98 Å². The number of hydrogen-bond donors (Lipinski definition) is 1. The molecule has 1 saturated heterocycles. The third-order valence-corrected chi connectivity index (χ3v) is 3.08. The van der Waals surface area contributed by atoms with Gasteiger partial charge in [0.15, 0.2) is 0 Å². The van der Waals surface area contributed by atoms with Crippen molar-refractivity contribution in [2.75, 3.05) is 19.7 Å². The van der Waals surface area contributed by atoms with E-state index >= 15 is 0 Å². The smallest absolute Gasteiger partial charge is 0.319 e. The molecule has 2 heterocycles. The molecule has 19 heavy (non-hydrogen) atoms. The maximum absolute atomic E-state index is 12.7. The van der Waals surface area contributed by atoms with Gasteiger partial charge in [0, 0.05) is 25.5 Å². The molecule has 0 spiro atoms. The minimum atomic E-state index is -2.58. The Bertz CT molecular complexity index is 423. The van der Waals surface area contributed by atoms with Gasteiger partial charge in [-0.1, -0.05) is 0 Å². The highest BCUT2D eigenvalue weighted by Gasteiger charge is 2.33. The van der Waals surface area contributed by atoms with Crippen molar-refractivity contribution >= 4 is 0 Å². The standard InChI is InChI=1S/C12H19F2N3O2/c1-12(2)8-16(5-9(7-18)19-12)6-10-15-3-4-17(10)11(13)14/h3-4,9,11,18H,5-8H2,1-2H3. The SMILES string of the molecule is CC1(C)CN(Cc2nccn2C(F)F)CC(CO)O1. The number of nitrogens with zero attached hydrogens (tertiary/aromatic N) is 3. The van der Waals surface area contributed by atoms with Crippen LogP contribution in [-0.2, 0) is 11.3 Å². The molecular formula is C12H19F2N3O2. The summed E-state index contributed by atoms with van der Waals surface area (Å²) >= 11 is 0. The zero-order chi connectivity index (χ0) is 14.0. The molecule has 0 aliphatic carbocycles. The molecule has 0 radical (unpaired) electrons. The van der Waals surface area contributed by atoms with E-state index in [0.29, 0.717) is 25.5 Å². The summed E-state index contributed by atoms with van der Waals surface area (Å²) in [6, 6.07) is 0. The van der Waals surface area contributed by atoms with Gasteiger partial charge in [0.2, 0.25) is 0 Å². The number of ether oxygens (including phenoxy) is 1. The van der Waals surface area contributed by atoms with Gasteiger partial charge in [-0.25, -0.2) is 4.98 Å². The number of morpholine rings is 1. The van der Waals surface area contributed by atoms with Crippen molar-refractivity contribution in [3.05, 3.63) is 18.2 Å². The molecule has 0 aromatic carbocycles. The van der Waals surface area contributed by atoms with Crippen molar-refractivity contribution in [1.29, 1.82) is 0 Å². The third kappa shape index (κ3) is 3.49. The molecular weight excluding hydrogens is 256 g/mol. The van der Waals surface area contributed by atoms with Crippen molar-refractivity contribution in [3.8, 4) is 0 Å². The Morgan fingerprint density at radius 2 is 2.32 bits per heavy atom. The predicted molar refractivity (Wildman–Crippen MR) is 64.8 cm³/mol. The van der Waals surface area contributed by atoms with Crippen molar-refractivity contribution in [1.82, 2.24) is 14.5 Å². The lowest BCUT2D eigenvalue weighted by Crippen LogP contribution is -2.53. The first-order valence-electron chi connectivity index (χ1n) is 6.22. The van der Waals surface area contributed by atoms with E-state index in [1.165, 1.54) is 12.4 Å². The van der Waals surface area contributed by atoms with E-state index in [1.807, 2.05) is 18.7 Å². The molecule has 7 heteroatoms. The molecule has 1 aromatic rings. The summed E-state index contributed by atoms with van der Waals surface area (Å²) in [7, 11) is 0. The van der Waals surface area contributed by atoms with Gasteiger partial charge in [0.1, 0.15) is 5.82 Å². The zero-order valence-corrected chi connectivity index (χ0v) is 11.1. The van der Waals surface area contributed by atoms with Crippen LogP contribution in [0.2, 0.25) is 0 Å². The number of rotatable bonds is 4. The summed E-state index contributed by atoms with van der Waals surface area (Å²) in [5.74, 6) is 0.324. The van der Waals surface area contributed by atoms with Crippen LogP contribution in [0.4, 0.5) is 8.78 Å². The second-order valence-electron chi connectivity index (χ2n) is 5.38. The van der Waals surface area contributed by atoms with Crippen molar-refractivity contribution in [3.63, 3.8) is 0 Å². The van der Waals surface area contributed by atoms with E-state index < -0.39 is 12.2 Å². The maximum Gasteiger partial charge on any atom is 0.319 e. The molecule has 1 atom stereocenters. The second-order valence-corrected chi connectivity index (χ2v) is 5.38. The molecule has 2 rings (SSSR count). The number of imidazole rings is 1. The van der Waals surface area contributed by atoms with Crippen LogP contribution in [0, 0.1) is 0 Å². The molecule has 5 nitrogen and oxygen atoms in total. The average molecular weight is 275 g/mol. The molecule has 0 saturated carbocycles. The highest BCUT2D eigenvalue weighted by atomic mass is 19.3. The number of hydrogen-bond acceptors (Lipinski definition) is 4. The fourth-order valence-electron chi connectivity index (χ4n) is 2.48. The first kappa shape index (κ1) is 14.4. The summed E-state index contributed by atoms with van der Waals surface area (Å²) in [5.41, 5.74) is -0.409. The van der Waals surface area contributed by atoms with Crippen LogP contribution in [0.3, 0.4) is 0 Å². The van der Waals surface area contributed by atoms with Gasteiger partial charge in [0.25, 0.3) is 0 Å². The van der Waals surface area contributed by atoms with Crippen molar-refractivity contribution in [2.45, 2.75) is 38.6 Å². The lowest BCUT2D eigenvalue weighted by Gasteiger charge is -2.42. The summed E-state index contributed by atoms with van der Waals surface area (Å²) in [6.07, 6.45) is 2.35. The maximum atomic E-state index is 12.7. The lowest BCUT2D eigenvalue weighted by atomic mass is 10.1. The number of aliphatic hydroxyl groups excluding tert-OH is 1. The summed E-state index contributed by atoms with van der Waals surface area (Å²) in [6.45, 7) is 2.61. The zero-order valence-electron chi connectivity index (χ0n) is 11.1. The van der Waals surface area contributed by atoms with Gasteiger partial charge in [-0.15, -0.1) is 0 Å². The number of aromatic nitrogens is 2. The number of aliphatic hydroxyl groups is 1. The summed E-state index contributed by atoms with van der Waals surface area (Å²) in [5, 5.41) is 9.22. The minimum Gasteiger partial charge on any atom is -0.394 e. The van der Waals surface area contributed by atoms with Gasteiger partial charge in [0.05, 0.1) is 24.9 Å². The van der Waals surface area contributed by atoms with Crippen LogP contribution in [-0.4, -0.2) is 51.0 Å². The second kappa shape index (κ2) is 5.52. The van der Waals surface area contributed by atoms with E-state index in [-0.39, 0.29) is 12.7 Å². The Balaban J connectivity index is 2.07. The Labute approximate surface area is 110 Å². The Morgan fingerprint density at radius 3 is 2.95 bits per heavy atom. The van der Waals surface area contributed by atoms with Gasteiger partial charge in [-0.3, -0.25) is 9.47 Å². The van der Waals surface area contributed by atoms with E-state index in [4.69, 9.17) is 4.74 Å². The normalized spacial score (nSPS) is 24.0. The molecule has 1 aliphatic heterocycles. The molecule has 1 aromatic heterocycles. The number of halogens is 2. The molecule has 1 unspecified atom stereocenters. The van der Waals surface area contributed by atoms with Crippen LogP contribution in [0.5, 0.6) is 0 Å². The van der Waals surface area contributed by atoms with Gasteiger partial charge in [-0.2, -0.15) is 8.78 Å². The quantitative estimate of drug-likeness (QED) is 0.898. The van der Waals surface area contributed by atoms with Crippen LogP contribution < -0.4 is 0 Å². The molecule has 108 valence electrons. The molecule has 1 aliphatic rings. The van der Waals surface area contributed by atoms with E-state index in [1.54, 1.807) is 0 Å². The molecule has 1 fully saturated rings. The predicted octanol–water partition coefficient (Wildman–Crippen LogP) is 1.25. The first-order chi connectivity index (χ1) is 8.91. The Kier molecular flexibility index (Phi) is 4.17. The topological polar surface area (TPSA) is 50.5 Å². The number of alkyl halides is 2. The summed E-state index contributed by atoms with van der Waals surface area (Å²) in [4.78, 5) is 5.95. The fraction of sp³-hybridized carbons (Fsp3) is 0.750. The van der Waals surface area contributed by atoms with Gasteiger partial charge in [-0.05, 0) is 13.8 Å². The van der Waals surface area contributed by atoms with Gasteiger partial charge >= 0.3 is 6.55 Å². The lowest BCUT2D eigenvalue weighted by molar-refractivity contribution is -0.151. The highest BCUT2D eigenvalue weighted by Crippen LogP contribution is 2.23. The Hall–Kier alpha value is -1.05. The van der Waals surface area contributed by atoms with Crippen molar-refractivity contribution in [2.24, 2.45) is 0 Å².